The highest BCUT2D eigenvalue weighted by Crippen LogP contribution is 2.33. The number of hydrogen-bond acceptors (Lipinski definition) is 4. The average Bonchev–Trinajstić information content (AvgIpc) is 3.21. The van der Waals surface area contributed by atoms with Crippen LogP contribution in [0.25, 0.3) is 0 Å². The van der Waals surface area contributed by atoms with E-state index in [0.717, 1.165) is 57.3 Å². The molecule has 2 heterocycles. The van der Waals surface area contributed by atoms with Gasteiger partial charge < -0.3 is 20.1 Å². The van der Waals surface area contributed by atoms with Gasteiger partial charge in [0.2, 0.25) is 0 Å². The third-order valence-corrected chi connectivity index (χ3v) is 5.52. The molecule has 1 atom stereocenters. The predicted octanol–water partition coefficient (Wildman–Crippen LogP) is 2.82. The fourth-order valence-electron chi connectivity index (χ4n) is 3.74. The van der Waals surface area contributed by atoms with Crippen LogP contribution in [-0.2, 0) is 11.3 Å². The highest BCUT2D eigenvalue weighted by atomic mass is 35.5. The van der Waals surface area contributed by atoms with Gasteiger partial charge in [0.1, 0.15) is 0 Å². The Balaban J connectivity index is 1.65. The third kappa shape index (κ3) is 4.00. The van der Waals surface area contributed by atoms with E-state index in [9.17, 15) is 5.11 Å². The van der Waals surface area contributed by atoms with Crippen molar-refractivity contribution in [3.05, 3.63) is 28.8 Å². The van der Waals surface area contributed by atoms with Gasteiger partial charge in [0.05, 0.1) is 6.61 Å². The summed E-state index contributed by atoms with van der Waals surface area (Å²) in [4.78, 5) is 2.44. The first kappa shape index (κ1) is 17.0. The van der Waals surface area contributed by atoms with Gasteiger partial charge in [-0.25, -0.2) is 0 Å². The summed E-state index contributed by atoms with van der Waals surface area (Å²) in [5, 5.41) is 13.7. The van der Waals surface area contributed by atoms with Gasteiger partial charge in [-0.15, -0.1) is 0 Å². The molecule has 0 aromatic heterocycles. The lowest BCUT2D eigenvalue weighted by atomic mass is 9.84. The SMILES string of the molecule is OCCC1(CNCc2c(Cl)cccc2N2CCCC2)CCOC1. The standard InChI is InChI=1S/C18H27ClN2O2/c19-16-4-3-5-17(21-8-1-2-9-21)15(16)12-20-13-18(6-10-22)7-11-23-14-18/h3-5,20,22H,1-2,6-14H2. The molecule has 0 saturated carbocycles. The van der Waals surface area contributed by atoms with E-state index in [1.165, 1.54) is 24.1 Å². The first-order valence-corrected chi connectivity index (χ1v) is 9.04. The minimum absolute atomic E-state index is 0.0732. The van der Waals surface area contributed by atoms with Gasteiger partial charge in [0, 0.05) is 61.1 Å². The molecule has 23 heavy (non-hydrogen) atoms. The molecule has 3 rings (SSSR count). The number of aliphatic hydroxyl groups is 1. The smallest absolute Gasteiger partial charge is 0.0536 e. The van der Waals surface area contributed by atoms with Crippen molar-refractivity contribution in [1.82, 2.24) is 5.32 Å². The van der Waals surface area contributed by atoms with E-state index in [2.05, 4.69) is 16.3 Å². The molecule has 2 saturated heterocycles. The van der Waals surface area contributed by atoms with Crippen molar-refractivity contribution in [2.75, 3.05) is 44.4 Å². The van der Waals surface area contributed by atoms with E-state index >= 15 is 0 Å². The van der Waals surface area contributed by atoms with Crippen molar-refractivity contribution < 1.29 is 9.84 Å². The maximum absolute atomic E-state index is 9.33. The maximum Gasteiger partial charge on any atom is 0.0536 e. The van der Waals surface area contributed by atoms with Crippen molar-refractivity contribution in [3.8, 4) is 0 Å². The molecule has 0 amide bonds. The van der Waals surface area contributed by atoms with Gasteiger partial charge in [-0.2, -0.15) is 0 Å². The molecule has 2 aliphatic rings. The lowest BCUT2D eigenvalue weighted by Crippen LogP contribution is -2.35. The van der Waals surface area contributed by atoms with Gasteiger partial charge >= 0.3 is 0 Å². The Bertz CT molecular complexity index is 512. The zero-order valence-corrected chi connectivity index (χ0v) is 14.4. The van der Waals surface area contributed by atoms with Gasteiger partial charge in [-0.05, 0) is 37.8 Å². The van der Waals surface area contributed by atoms with Crippen LogP contribution in [0.3, 0.4) is 0 Å². The first-order chi connectivity index (χ1) is 11.2. The summed E-state index contributed by atoms with van der Waals surface area (Å²) in [6.45, 7) is 5.62. The number of hydrogen-bond donors (Lipinski definition) is 2. The molecule has 1 aromatic carbocycles. The van der Waals surface area contributed by atoms with Crippen LogP contribution >= 0.6 is 11.6 Å². The number of nitrogens with one attached hydrogen (secondary N) is 1. The molecule has 4 nitrogen and oxygen atoms in total. The van der Waals surface area contributed by atoms with E-state index in [-0.39, 0.29) is 12.0 Å². The lowest BCUT2D eigenvalue weighted by molar-refractivity contribution is 0.124. The number of benzene rings is 1. The van der Waals surface area contributed by atoms with Crippen molar-refractivity contribution in [3.63, 3.8) is 0 Å². The second-order valence-electron chi connectivity index (χ2n) is 6.81. The number of anilines is 1. The van der Waals surface area contributed by atoms with Crippen molar-refractivity contribution in [2.24, 2.45) is 5.41 Å². The molecule has 0 aliphatic carbocycles. The molecule has 2 N–H and O–H groups in total. The van der Waals surface area contributed by atoms with Crippen molar-refractivity contribution in [1.29, 1.82) is 0 Å². The Morgan fingerprint density at radius 3 is 2.83 bits per heavy atom. The molecule has 1 aromatic rings. The van der Waals surface area contributed by atoms with Crippen LogP contribution in [0.5, 0.6) is 0 Å². The maximum atomic E-state index is 9.33. The summed E-state index contributed by atoms with van der Waals surface area (Å²) in [6, 6.07) is 6.19. The summed E-state index contributed by atoms with van der Waals surface area (Å²) in [5.74, 6) is 0. The molecule has 128 valence electrons. The monoisotopic (exact) mass is 338 g/mol. The average molecular weight is 339 g/mol. The third-order valence-electron chi connectivity index (χ3n) is 5.17. The second kappa shape index (κ2) is 7.84. The van der Waals surface area contributed by atoms with E-state index in [4.69, 9.17) is 16.3 Å². The lowest BCUT2D eigenvalue weighted by Gasteiger charge is -2.28. The van der Waals surface area contributed by atoms with Crippen molar-refractivity contribution >= 4 is 17.3 Å². The van der Waals surface area contributed by atoms with Gasteiger partial charge in [-0.1, -0.05) is 17.7 Å². The zero-order chi connectivity index (χ0) is 16.1. The van der Waals surface area contributed by atoms with Crippen LogP contribution in [0.4, 0.5) is 5.69 Å². The molecular formula is C18H27ClN2O2. The molecule has 1 unspecified atom stereocenters. The summed E-state index contributed by atoms with van der Waals surface area (Å²) in [6.07, 6.45) is 4.33. The minimum Gasteiger partial charge on any atom is -0.396 e. The first-order valence-electron chi connectivity index (χ1n) is 8.66. The number of halogens is 1. The summed E-state index contributed by atoms with van der Waals surface area (Å²) in [5.41, 5.74) is 2.53. The van der Waals surface area contributed by atoms with E-state index < -0.39 is 0 Å². The van der Waals surface area contributed by atoms with E-state index in [0.29, 0.717) is 0 Å². The summed E-state index contributed by atoms with van der Waals surface area (Å²) in [7, 11) is 0. The molecule has 0 bridgehead atoms. The van der Waals surface area contributed by atoms with Crippen LogP contribution in [-0.4, -0.2) is 44.6 Å². The topological polar surface area (TPSA) is 44.7 Å². The predicted molar refractivity (Wildman–Crippen MR) is 94.2 cm³/mol. The molecule has 2 aliphatic heterocycles. The Morgan fingerprint density at radius 2 is 2.13 bits per heavy atom. The Hall–Kier alpha value is -0.810. The highest BCUT2D eigenvalue weighted by Gasteiger charge is 2.34. The fraction of sp³-hybridized carbons (Fsp3) is 0.667. The van der Waals surface area contributed by atoms with Crippen LogP contribution in [0.15, 0.2) is 18.2 Å². The highest BCUT2D eigenvalue weighted by molar-refractivity contribution is 6.31. The number of rotatable bonds is 7. The molecule has 0 spiro atoms. The normalized spacial score (nSPS) is 24.5. The van der Waals surface area contributed by atoms with Gasteiger partial charge in [0.15, 0.2) is 0 Å². The second-order valence-corrected chi connectivity index (χ2v) is 7.22. The molecule has 5 heteroatoms. The van der Waals surface area contributed by atoms with Gasteiger partial charge in [0.25, 0.3) is 0 Å². The fourth-order valence-corrected chi connectivity index (χ4v) is 3.98. The Labute approximate surface area is 143 Å². The Kier molecular flexibility index (Phi) is 5.81. The molecule has 2 fully saturated rings. The van der Waals surface area contributed by atoms with Crippen molar-refractivity contribution in [2.45, 2.75) is 32.2 Å². The number of aliphatic hydroxyl groups excluding tert-OH is 1. The minimum atomic E-state index is 0.0732. The summed E-state index contributed by atoms with van der Waals surface area (Å²) >= 11 is 6.47. The Morgan fingerprint density at radius 1 is 1.30 bits per heavy atom. The van der Waals surface area contributed by atoms with Gasteiger partial charge in [-0.3, -0.25) is 0 Å². The zero-order valence-electron chi connectivity index (χ0n) is 13.7. The number of ether oxygens (including phenoxy) is 1. The van der Waals surface area contributed by atoms with Crippen LogP contribution in [0, 0.1) is 5.41 Å². The van der Waals surface area contributed by atoms with Crippen LogP contribution in [0.2, 0.25) is 5.02 Å². The molecule has 0 radical (unpaired) electrons. The quantitative estimate of drug-likeness (QED) is 0.802. The summed E-state index contributed by atoms with van der Waals surface area (Å²) < 4.78 is 5.56. The molecular weight excluding hydrogens is 312 g/mol. The number of nitrogens with zero attached hydrogens (tertiary/aromatic N) is 1. The van der Waals surface area contributed by atoms with E-state index in [1.54, 1.807) is 0 Å². The van der Waals surface area contributed by atoms with Crippen LogP contribution < -0.4 is 10.2 Å². The largest absolute Gasteiger partial charge is 0.396 e. The van der Waals surface area contributed by atoms with E-state index in [1.807, 2.05) is 12.1 Å². The van der Waals surface area contributed by atoms with Crippen LogP contribution in [0.1, 0.15) is 31.2 Å².